The Balaban J connectivity index is 1.69. The van der Waals surface area contributed by atoms with E-state index in [1.54, 1.807) is 30.5 Å². The molecule has 8 heteroatoms. The third-order valence-electron chi connectivity index (χ3n) is 3.25. The van der Waals surface area contributed by atoms with E-state index in [-0.39, 0.29) is 23.1 Å². The van der Waals surface area contributed by atoms with Crippen molar-refractivity contribution in [1.29, 1.82) is 0 Å². The Morgan fingerprint density at radius 1 is 1.22 bits per heavy atom. The van der Waals surface area contributed by atoms with Gasteiger partial charge in [0, 0.05) is 18.1 Å². The van der Waals surface area contributed by atoms with Gasteiger partial charge < -0.3 is 9.73 Å². The molecule has 1 aromatic carbocycles. The SMILES string of the molecule is NS(=O)(=O)c1ccc(CNC(=O)c2cc3ccncc3o2)cc1. The molecule has 0 fully saturated rings. The molecule has 3 aromatic rings. The highest BCUT2D eigenvalue weighted by atomic mass is 32.2. The van der Waals surface area contributed by atoms with Crippen molar-refractivity contribution in [3.63, 3.8) is 0 Å². The van der Waals surface area contributed by atoms with Crippen molar-refractivity contribution in [1.82, 2.24) is 10.3 Å². The van der Waals surface area contributed by atoms with E-state index in [4.69, 9.17) is 9.56 Å². The second kappa shape index (κ2) is 5.82. The van der Waals surface area contributed by atoms with Crippen LogP contribution in [0.2, 0.25) is 0 Å². The van der Waals surface area contributed by atoms with E-state index in [0.29, 0.717) is 5.58 Å². The smallest absolute Gasteiger partial charge is 0.287 e. The number of carbonyl (C=O) groups excluding carboxylic acids is 1. The van der Waals surface area contributed by atoms with Crippen LogP contribution in [0, 0.1) is 0 Å². The summed E-state index contributed by atoms with van der Waals surface area (Å²) in [7, 11) is -3.72. The van der Waals surface area contributed by atoms with Gasteiger partial charge in [-0.2, -0.15) is 0 Å². The van der Waals surface area contributed by atoms with Crippen LogP contribution in [-0.2, 0) is 16.6 Å². The fraction of sp³-hybridized carbons (Fsp3) is 0.0667. The maximum atomic E-state index is 12.1. The highest BCUT2D eigenvalue weighted by Crippen LogP contribution is 2.17. The van der Waals surface area contributed by atoms with Gasteiger partial charge >= 0.3 is 0 Å². The standard InChI is InChI=1S/C15H13N3O4S/c16-23(20,21)12-3-1-10(2-4-12)8-18-15(19)13-7-11-5-6-17-9-14(11)22-13/h1-7,9H,8H2,(H,18,19)(H2,16,20,21). The molecule has 0 aliphatic rings. The first-order valence-corrected chi connectivity index (χ1v) is 8.21. The van der Waals surface area contributed by atoms with Gasteiger partial charge in [-0.05, 0) is 29.8 Å². The minimum atomic E-state index is -3.72. The molecule has 3 N–H and O–H groups in total. The number of hydrogen-bond donors (Lipinski definition) is 2. The number of primary sulfonamides is 1. The van der Waals surface area contributed by atoms with Gasteiger partial charge in [0.05, 0.1) is 11.1 Å². The zero-order valence-corrected chi connectivity index (χ0v) is 12.7. The van der Waals surface area contributed by atoms with Crippen molar-refractivity contribution in [2.24, 2.45) is 5.14 Å². The van der Waals surface area contributed by atoms with E-state index in [1.165, 1.54) is 18.3 Å². The first kappa shape index (κ1) is 15.2. The molecule has 2 heterocycles. The molecule has 1 amide bonds. The molecule has 23 heavy (non-hydrogen) atoms. The van der Waals surface area contributed by atoms with Gasteiger partial charge in [-0.3, -0.25) is 9.78 Å². The Hall–Kier alpha value is -2.71. The van der Waals surface area contributed by atoms with Crippen molar-refractivity contribution in [2.45, 2.75) is 11.4 Å². The molecule has 0 radical (unpaired) electrons. The van der Waals surface area contributed by atoms with Gasteiger partial charge in [0.15, 0.2) is 11.3 Å². The highest BCUT2D eigenvalue weighted by molar-refractivity contribution is 7.89. The summed E-state index contributed by atoms with van der Waals surface area (Å²) < 4.78 is 27.8. The molecule has 0 atom stereocenters. The minimum absolute atomic E-state index is 0.0253. The van der Waals surface area contributed by atoms with Crippen molar-refractivity contribution in [3.8, 4) is 0 Å². The molecular weight excluding hydrogens is 318 g/mol. The third kappa shape index (κ3) is 3.38. The highest BCUT2D eigenvalue weighted by Gasteiger charge is 2.12. The summed E-state index contributed by atoms with van der Waals surface area (Å²) in [5.74, 6) is -0.175. The quantitative estimate of drug-likeness (QED) is 0.750. The lowest BCUT2D eigenvalue weighted by molar-refractivity contribution is 0.0925. The Morgan fingerprint density at radius 3 is 2.61 bits per heavy atom. The van der Waals surface area contributed by atoms with E-state index in [1.807, 2.05) is 0 Å². The number of nitrogens with two attached hydrogens (primary N) is 1. The average Bonchev–Trinajstić information content (AvgIpc) is 2.96. The molecule has 3 rings (SSSR count). The number of furan rings is 1. The predicted octanol–water partition coefficient (Wildman–Crippen LogP) is 1.41. The number of benzene rings is 1. The Morgan fingerprint density at radius 2 is 1.96 bits per heavy atom. The van der Waals surface area contributed by atoms with Crippen LogP contribution in [0.3, 0.4) is 0 Å². The monoisotopic (exact) mass is 331 g/mol. The topological polar surface area (TPSA) is 115 Å². The molecular formula is C15H13N3O4S. The number of amides is 1. The molecule has 0 aliphatic heterocycles. The zero-order chi connectivity index (χ0) is 16.4. The van der Waals surface area contributed by atoms with Crippen LogP contribution in [0.1, 0.15) is 16.1 Å². The first-order valence-electron chi connectivity index (χ1n) is 6.67. The van der Waals surface area contributed by atoms with E-state index >= 15 is 0 Å². The van der Waals surface area contributed by atoms with Crippen molar-refractivity contribution < 1.29 is 17.6 Å². The van der Waals surface area contributed by atoms with Crippen LogP contribution in [0.4, 0.5) is 0 Å². The fourth-order valence-corrected chi connectivity index (χ4v) is 2.58. The van der Waals surface area contributed by atoms with Gasteiger partial charge in [0.2, 0.25) is 10.0 Å². The molecule has 0 aliphatic carbocycles. The van der Waals surface area contributed by atoms with Crippen LogP contribution >= 0.6 is 0 Å². The van der Waals surface area contributed by atoms with E-state index in [0.717, 1.165) is 10.9 Å². The van der Waals surface area contributed by atoms with Gasteiger partial charge in [-0.25, -0.2) is 13.6 Å². The molecule has 0 bridgehead atoms. The van der Waals surface area contributed by atoms with E-state index in [2.05, 4.69) is 10.3 Å². The number of rotatable bonds is 4. The molecule has 0 saturated heterocycles. The minimum Gasteiger partial charge on any atom is -0.449 e. The number of carbonyl (C=O) groups is 1. The van der Waals surface area contributed by atoms with Crippen LogP contribution in [0.15, 0.2) is 58.1 Å². The Kier molecular flexibility index (Phi) is 3.85. The third-order valence-corrected chi connectivity index (χ3v) is 4.18. The molecule has 7 nitrogen and oxygen atoms in total. The molecule has 0 unspecified atom stereocenters. The summed E-state index contributed by atoms with van der Waals surface area (Å²) in [4.78, 5) is 16.0. The lowest BCUT2D eigenvalue weighted by Crippen LogP contribution is -2.22. The van der Waals surface area contributed by atoms with Crippen LogP contribution < -0.4 is 10.5 Å². The van der Waals surface area contributed by atoms with Crippen molar-refractivity contribution in [3.05, 3.63) is 60.1 Å². The number of nitrogens with one attached hydrogen (secondary N) is 1. The summed E-state index contributed by atoms with van der Waals surface area (Å²) in [6.07, 6.45) is 3.16. The first-order chi connectivity index (χ1) is 10.9. The van der Waals surface area contributed by atoms with Crippen LogP contribution in [0.25, 0.3) is 11.0 Å². The van der Waals surface area contributed by atoms with Crippen molar-refractivity contribution >= 4 is 26.9 Å². The van der Waals surface area contributed by atoms with Gasteiger partial charge in [0.25, 0.3) is 5.91 Å². The largest absolute Gasteiger partial charge is 0.449 e. The van der Waals surface area contributed by atoms with E-state index in [9.17, 15) is 13.2 Å². The molecule has 118 valence electrons. The Bertz CT molecular complexity index is 929. The second-order valence-corrected chi connectivity index (χ2v) is 6.46. The lowest BCUT2D eigenvalue weighted by atomic mass is 10.2. The summed E-state index contributed by atoms with van der Waals surface area (Å²) in [5, 5.41) is 8.52. The number of fused-ring (bicyclic) bond motifs is 1. The van der Waals surface area contributed by atoms with Gasteiger partial charge in [-0.15, -0.1) is 0 Å². The summed E-state index contributed by atoms with van der Waals surface area (Å²) in [6.45, 7) is 0.235. The maximum absolute atomic E-state index is 12.1. The fourth-order valence-electron chi connectivity index (χ4n) is 2.06. The number of hydrogen-bond acceptors (Lipinski definition) is 5. The van der Waals surface area contributed by atoms with Crippen molar-refractivity contribution in [2.75, 3.05) is 0 Å². The number of aromatic nitrogens is 1. The van der Waals surface area contributed by atoms with Gasteiger partial charge in [-0.1, -0.05) is 12.1 Å². The number of sulfonamides is 1. The summed E-state index contributed by atoms with van der Waals surface area (Å²) in [5.41, 5.74) is 1.28. The lowest BCUT2D eigenvalue weighted by Gasteiger charge is -2.04. The summed E-state index contributed by atoms with van der Waals surface area (Å²) in [6, 6.07) is 9.34. The second-order valence-electron chi connectivity index (χ2n) is 4.90. The maximum Gasteiger partial charge on any atom is 0.287 e. The molecule has 0 saturated carbocycles. The zero-order valence-electron chi connectivity index (χ0n) is 11.9. The number of pyridine rings is 1. The predicted molar refractivity (Wildman–Crippen MR) is 83.0 cm³/mol. The number of nitrogens with zero attached hydrogens (tertiary/aromatic N) is 1. The van der Waals surface area contributed by atoms with Crippen LogP contribution in [0.5, 0.6) is 0 Å². The normalized spacial score (nSPS) is 11.5. The molecule has 2 aromatic heterocycles. The molecule has 0 spiro atoms. The van der Waals surface area contributed by atoms with Gasteiger partial charge in [0.1, 0.15) is 0 Å². The summed E-state index contributed by atoms with van der Waals surface area (Å²) >= 11 is 0. The average molecular weight is 331 g/mol. The van der Waals surface area contributed by atoms with E-state index < -0.39 is 10.0 Å². The Labute approximate surface area is 132 Å². The van der Waals surface area contributed by atoms with Crippen LogP contribution in [-0.4, -0.2) is 19.3 Å².